The predicted molar refractivity (Wildman–Crippen MR) is 261 cm³/mol. The number of fused-ring (bicyclic) bond motifs is 2. The summed E-state index contributed by atoms with van der Waals surface area (Å²) in [6, 6.07) is 19.7. The lowest BCUT2D eigenvalue weighted by Crippen LogP contribution is -2.42. The number of nitrogens with one attached hydrogen (secondary N) is 1. The lowest BCUT2D eigenvalue weighted by atomic mass is 9.91. The van der Waals surface area contributed by atoms with Crippen LogP contribution in [0.5, 0.6) is 5.75 Å². The topological polar surface area (TPSA) is 145 Å². The summed E-state index contributed by atoms with van der Waals surface area (Å²) in [5.41, 5.74) is 8.15. The first-order valence-corrected chi connectivity index (χ1v) is 24.9. The van der Waals surface area contributed by atoms with Gasteiger partial charge >= 0.3 is 11.9 Å². The molecule has 0 saturated heterocycles. The number of thiophene rings is 2. The molecule has 3 aromatic heterocycles. The fourth-order valence-electron chi connectivity index (χ4n) is 8.47. The maximum absolute atomic E-state index is 12.4. The van der Waals surface area contributed by atoms with E-state index >= 15 is 0 Å². The van der Waals surface area contributed by atoms with Gasteiger partial charge in [0.1, 0.15) is 26.8 Å². The Morgan fingerprint density at radius 2 is 1.39 bits per heavy atom. The van der Waals surface area contributed by atoms with Gasteiger partial charge in [-0.05, 0) is 97.3 Å². The molecular weight excluding hydrogens is 843 g/mol. The highest BCUT2D eigenvalue weighted by Gasteiger charge is 2.38. The monoisotopic (exact) mass is 905 g/mol. The summed E-state index contributed by atoms with van der Waals surface area (Å²) in [6.45, 7) is 13.0. The minimum Gasteiger partial charge on any atom is -0.494 e. The third-order valence-electron chi connectivity index (χ3n) is 12.3. The number of ether oxygens (including phenoxy) is 1. The molecule has 4 heterocycles. The Hall–Kier alpha value is -5.31. The Balaban J connectivity index is 1.23. The number of hydrogen-bond donors (Lipinski definition) is 3. The largest absolute Gasteiger partial charge is 0.494 e. The standard InChI is InChI=1S/C50H63N7O5S2/c1-6-11-14-15-30-62-36-20-18-35(19-21-36)57(43-28-26-41(63-43)37-22-24-39(49(58)59)47-45(37)51-55(53-47)31-33(9-4)16-12-7-2)44-29-27-42(64-44)38-23-25-40(50(60)61)48-46(38)52-56(54-48)32-34(10-5)17-13-8-3/h18-29,33-34,45,51H,6-17,30-32H2,1-5H3,(H,58,59)(H,60,61). The molecule has 0 amide bonds. The van der Waals surface area contributed by atoms with Gasteiger partial charge in [-0.25, -0.2) is 20.1 Å². The third kappa shape index (κ3) is 10.8. The van der Waals surface area contributed by atoms with Crippen molar-refractivity contribution in [1.29, 1.82) is 0 Å². The maximum atomic E-state index is 12.4. The number of hydrazine groups is 1. The number of rotatable bonds is 25. The number of carbonyl (C=O) groups is 2. The molecule has 0 radical (unpaired) electrons. The lowest BCUT2D eigenvalue weighted by molar-refractivity contribution is -0.132. The van der Waals surface area contributed by atoms with Gasteiger partial charge in [0.25, 0.3) is 0 Å². The molecular formula is C50H63N7O5S2. The number of unbranched alkanes of at least 4 members (excludes halogenated alkanes) is 5. The predicted octanol–water partition coefficient (Wildman–Crippen LogP) is 12.7. The molecule has 7 rings (SSSR count). The molecule has 0 spiro atoms. The van der Waals surface area contributed by atoms with Crippen molar-refractivity contribution in [3.8, 4) is 16.2 Å². The van der Waals surface area contributed by atoms with Crippen molar-refractivity contribution in [2.45, 2.75) is 124 Å². The van der Waals surface area contributed by atoms with Crippen LogP contribution in [0.1, 0.15) is 127 Å². The molecule has 3 N–H and O–H groups in total. The van der Waals surface area contributed by atoms with Gasteiger partial charge in [-0.2, -0.15) is 20.1 Å². The van der Waals surface area contributed by atoms with Gasteiger partial charge in [-0.1, -0.05) is 105 Å². The number of nitrogens with zero attached hydrogens (tertiary/aromatic N) is 6. The normalized spacial score (nSPS) is 15.7. The first kappa shape index (κ1) is 46.7. The molecule has 3 atom stereocenters. The minimum absolute atomic E-state index is 0.140. The van der Waals surface area contributed by atoms with Crippen molar-refractivity contribution >= 4 is 72.6 Å². The zero-order valence-electron chi connectivity index (χ0n) is 37.9. The first-order chi connectivity index (χ1) is 31.2. The molecule has 12 nitrogen and oxygen atoms in total. The molecule has 0 bridgehead atoms. The second-order valence-electron chi connectivity index (χ2n) is 16.9. The van der Waals surface area contributed by atoms with Crippen molar-refractivity contribution in [1.82, 2.24) is 25.5 Å². The molecule has 0 saturated carbocycles. The molecule has 0 fully saturated rings. The van der Waals surface area contributed by atoms with E-state index in [9.17, 15) is 19.8 Å². The number of hydrazone groups is 1. The molecule has 340 valence electrons. The highest BCUT2D eigenvalue weighted by atomic mass is 32.1. The number of benzene rings is 2. The fraction of sp³-hybridized carbons (Fsp3) is 0.460. The summed E-state index contributed by atoms with van der Waals surface area (Å²) in [6.07, 6.45) is 16.9. The smallest absolute Gasteiger partial charge is 0.338 e. The van der Waals surface area contributed by atoms with Crippen molar-refractivity contribution in [2.24, 2.45) is 16.9 Å². The van der Waals surface area contributed by atoms with Crippen LogP contribution < -0.4 is 15.1 Å². The summed E-state index contributed by atoms with van der Waals surface area (Å²) in [4.78, 5) is 30.7. The SMILES string of the molecule is CCCCCCOc1ccc(N(c2ccc(C3=CC=C(C(=O)O)C4=NN(CC(CC)CCCC)NC34)s2)c2ccc(-c3ccc(C(=O)O)c4nn(CC(CC)CCCC)nc34)s2)cc1. The van der Waals surface area contributed by atoms with E-state index < -0.39 is 18.0 Å². The quantitative estimate of drug-likeness (QED) is 0.0484. The number of aromatic nitrogens is 3. The van der Waals surface area contributed by atoms with Gasteiger partial charge in [0.15, 0.2) is 0 Å². The summed E-state index contributed by atoms with van der Waals surface area (Å²) in [5, 5.41) is 38.7. The Morgan fingerprint density at radius 1 is 0.734 bits per heavy atom. The third-order valence-corrected chi connectivity index (χ3v) is 14.5. The zero-order valence-corrected chi connectivity index (χ0v) is 39.5. The number of hydrogen-bond acceptors (Lipinski definition) is 11. The van der Waals surface area contributed by atoms with E-state index in [2.05, 4.69) is 81.3 Å². The first-order valence-electron chi connectivity index (χ1n) is 23.3. The molecule has 1 aliphatic carbocycles. The van der Waals surface area contributed by atoms with E-state index in [1.54, 1.807) is 39.6 Å². The molecule has 3 unspecified atom stereocenters. The highest BCUT2D eigenvalue weighted by molar-refractivity contribution is 7.21. The van der Waals surface area contributed by atoms with E-state index in [0.717, 1.165) is 107 Å². The average Bonchev–Trinajstić information content (AvgIpc) is 4.13. The Bertz CT molecular complexity index is 2470. The van der Waals surface area contributed by atoms with Crippen molar-refractivity contribution < 1.29 is 24.5 Å². The number of allylic oxidation sites excluding steroid dienone is 2. The summed E-state index contributed by atoms with van der Waals surface area (Å²) in [5.74, 6) is -0.352. The van der Waals surface area contributed by atoms with Crippen LogP contribution in [0.4, 0.5) is 15.7 Å². The Labute approximate surface area is 385 Å². The van der Waals surface area contributed by atoms with Crippen molar-refractivity contribution in [3.05, 3.63) is 88.8 Å². The van der Waals surface area contributed by atoms with Gasteiger partial charge < -0.3 is 14.9 Å². The van der Waals surface area contributed by atoms with Gasteiger partial charge in [-0.15, -0.1) is 22.7 Å². The van der Waals surface area contributed by atoms with Gasteiger partial charge in [-0.3, -0.25) is 4.90 Å². The number of aromatic carboxylic acids is 1. The Kier molecular flexibility index (Phi) is 16.1. The van der Waals surface area contributed by atoms with Crippen molar-refractivity contribution in [2.75, 3.05) is 18.1 Å². The molecule has 2 aliphatic rings. The van der Waals surface area contributed by atoms with Crippen LogP contribution in [0.2, 0.25) is 0 Å². The van der Waals surface area contributed by atoms with E-state index in [0.29, 0.717) is 48.3 Å². The van der Waals surface area contributed by atoms with Crippen LogP contribution in [0.3, 0.4) is 0 Å². The molecule has 5 aromatic rings. The second-order valence-corrected chi connectivity index (χ2v) is 19.0. The van der Waals surface area contributed by atoms with Crippen LogP contribution in [-0.4, -0.2) is 67.2 Å². The van der Waals surface area contributed by atoms with Crippen LogP contribution in [0.25, 0.3) is 27.0 Å². The maximum Gasteiger partial charge on any atom is 0.338 e. The number of carboxylic acids is 2. The summed E-state index contributed by atoms with van der Waals surface area (Å²) >= 11 is 3.24. The molecule has 14 heteroatoms. The van der Waals surface area contributed by atoms with Gasteiger partial charge in [0.05, 0.1) is 42.6 Å². The highest BCUT2D eigenvalue weighted by Crippen LogP contribution is 2.47. The van der Waals surface area contributed by atoms with Crippen LogP contribution >= 0.6 is 22.7 Å². The second kappa shape index (κ2) is 22.1. The molecule has 2 aromatic carbocycles. The van der Waals surface area contributed by atoms with E-state index in [4.69, 9.17) is 20.0 Å². The van der Waals surface area contributed by atoms with Gasteiger partial charge in [0.2, 0.25) is 0 Å². The number of anilines is 3. The average molecular weight is 906 g/mol. The van der Waals surface area contributed by atoms with E-state index in [1.165, 1.54) is 12.8 Å². The van der Waals surface area contributed by atoms with E-state index in [-0.39, 0.29) is 11.1 Å². The van der Waals surface area contributed by atoms with Gasteiger partial charge in [0, 0.05) is 21.0 Å². The zero-order chi connectivity index (χ0) is 45.2. The number of aliphatic carboxylic acids is 1. The lowest BCUT2D eigenvalue weighted by Gasteiger charge is -2.25. The van der Waals surface area contributed by atoms with Crippen molar-refractivity contribution in [3.63, 3.8) is 0 Å². The summed E-state index contributed by atoms with van der Waals surface area (Å²) in [7, 11) is 0. The minimum atomic E-state index is -1.03. The molecule has 1 aliphatic heterocycles. The summed E-state index contributed by atoms with van der Waals surface area (Å²) < 4.78 is 6.14. The molecule has 64 heavy (non-hydrogen) atoms. The van der Waals surface area contributed by atoms with Crippen LogP contribution in [-0.2, 0) is 11.3 Å². The van der Waals surface area contributed by atoms with E-state index in [1.807, 2.05) is 29.4 Å². The van der Waals surface area contributed by atoms with Crippen LogP contribution in [0.15, 0.2) is 83.5 Å². The van der Waals surface area contributed by atoms with Crippen LogP contribution in [0, 0.1) is 11.8 Å². The number of carboxylic acid groups (broad SMARTS) is 2. The Morgan fingerprint density at radius 3 is 2.05 bits per heavy atom. The fourth-order valence-corrected chi connectivity index (χ4v) is 10.7.